The van der Waals surface area contributed by atoms with Gasteiger partial charge < -0.3 is 10.2 Å². The largest absolute Gasteiger partial charge is 0.354 e. The third-order valence-corrected chi connectivity index (χ3v) is 6.74. The van der Waals surface area contributed by atoms with Crippen molar-refractivity contribution in [3.05, 3.63) is 69.2 Å². The summed E-state index contributed by atoms with van der Waals surface area (Å²) in [4.78, 5) is 28.1. The van der Waals surface area contributed by atoms with Crippen molar-refractivity contribution in [1.82, 2.24) is 10.2 Å². The van der Waals surface area contributed by atoms with Crippen molar-refractivity contribution < 1.29 is 9.59 Å². The molecular formula is C28H38Cl2N2O2. The van der Waals surface area contributed by atoms with Gasteiger partial charge in [0, 0.05) is 19.5 Å². The number of hydrogen-bond acceptors (Lipinski definition) is 2. The highest BCUT2D eigenvalue weighted by atomic mass is 35.5. The number of carbonyl (C=O) groups is 2. The van der Waals surface area contributed by atoms with E-state index >= 15 is 0 Å². The van der Waals surface area contributed by atoms with E-state index in [2.05, 4.69) is 57.3 Å². The van der Waals surface area contributed by atoms with Crippen LogP contribution in [0.5, 0.6) is 0 Å². The SMILES string of the molecule is CCCCNC(=O)C(CC)N(Cc1ccc(Cl)c(Cl)c1)C(=O)CCc1ccc(C(C)(C)C)cc1. The van der Waals surface area contributed by atoms with E-state index in [-0.39, 0.29) is 17.2 Å². The standard InChI is InChI=1S/C28H38Cl2N2O2/c1-6-8-17-31-27(34)25(7-2)32(19-21-11-15-23(29)24(30)18-21)26(33)16-12-20-9-13-22(14-10-20)28(3,4)5/h9-11,13-15,18,25H,6-8,12,16-17,19H2,1-5H3,(H,31,34). The van der Waals surface area contributed by atoms with Crippen LogP contribution in [0.25, 0.3) is 0 Å². The van der Waals surface area contributed by atoms with Crippen LogP contribution < -0.4 is 5.32 Å². The van der Waals surface area contributed by atoms with Gasteiger partial charge in [0.25, 0.3) is 0 Å². The van der Waals surface area contributed by atoms with Crippen LogP contribution in [0.1, 0.15) is 77.0 Å². The maximum absolute atomic E-state index is 13.4. The van der Waals surface area contributed by atoms with E-state index in [9.17, 15) is 9.59 Å². The van der Waals surface area contributed by atoms with Gasteiger partial charge in [0.1, 0.15) is 6.04 Å². The Labute approximate surface area is 215 Å². The highest BCUT2D eigenvalue weighted by Gasteiger charge is 2.28. The van der Waals surface area contributed by atoms with E-state index in [0.29, 0.717) is 42.4 Å². The van der Waals surface area contributed by atoms with Crippen molar-refractivity contribution in [2.75, 3.05) is 6.54 Å². The lowest BCUT2D eigenvalue weighted by atomic mass is 9.86. The van der Waals surface area contributed by atoms with Gasteiger partial charge in [0.15, 0.2) is 0 Å². The first-order chi connectivity index (χ1) is 16.1. The molecule has 1 atom stereocenters. The van der Waals surface area contributed by atoms with E-state index in [4.69, 9.17) is 23.2 Å². The van der Waals surface area contributed by atoms with E-state index in [1.54, 1.807) is 17.0 Å². The molecule has 1 N–H and O–H groups in total. The third kappa shape index (κ3) is 8.32. The van der Waals surface area contributed by atoms with Crippen molar-refractivity contribution in [3.8, 4) is 0 Å². The van der Waals surface area contributed by atoms with Gasteiger partial charge in [0.05, 0.1) is 10.0 Å². The van der Waals surface area contributed by atoms with Crippen LogP contribution in [0.3, 0.4) is 0 Å². The summed E-state index contributed by atoms with van der Waals surface area (Å²) in [7, 11) is 0. The molecule has 0 spiro atoms. The predicted octanol–water partition coefficient (Wildman–Crippen LogP) is 6.95. The lowest BCUT2D eigenvalue weighted by Gasteiger charge is -2.31. The van der Waals surface area contributed by atoms with Crippen LogP contribution >= 0.6 is 23.2 Å². The second kappa shape index (κ2) is 13.2. The molecule has 1 unspecified atom stereocenters. The van der Waals surface area contributed by atoms with Gasteiger partial charge >= 0.3 is 0 Å². The fourth-order valence-corrected chi connectivity index (χ4v) is 4.15. The molecule has 0 aliphatic heterocycles. The maximum atomic E-state index is 13.4. The third-order valence-electron chi connectivity index (χ3n) is 6.00. The average molecular weight is 506 g/mol. The number of unbranched alkanes of at least 4 members (excludes halogenated alkanes) is 1. The summed E-state index contributed by atoms with van der Waals surface area (Å²) in [6.07, 6.45) is 3.39. The van der Waals surface area contributed by atoms with E-state index in [1.807, 2.05) is 13.0 Å². The number of hydrogen-bond donors (Lipinski definition) is 1. The Balaban J connectivity index is 2.19. The second-order valence-corrected chi connectivity index (χ2v) is 10.6. The Morgan fingerprint density at radius 1 is 0.971 bits per heavy atom. The Morgan fingerprint density at radius 2 is 1.62 bits per heavy atom. The van der Waals surface area contributed by atoms with Crippen LogP contribution in [0, 0.1) is 0 Å². The van der Waals surface area contributed by atoms with Crippen LogP contribution in [-0.4, -0.2) is 29.3 Å². The summed E-state index contributed by atoms with van der Waals surface area (Å²) in [6.45, 7) is 11.5. The maximum Gasteiger partial charge on any atom is 0.242 e. The summed E-state index contributed by atoms with van der Waals surface area (Å²) in [5, 5.41) is 3.89. The van der Waals surface area contributed by atoms with E-state index in [0.717, 1.165) is 24.0 Å². The Kier molecular flexibility index (Phi) is 10.9. The van der Waals surface area contributed by atoms with Crippen LogP contribution in [0.2, 0.25) is 10.0 Å². The molecule has 0 aromatic heterocycles. The monoisotopic (exact) mass is 504 g/mol. The number of nitrogens with one attached hydrogen (secondary N) is 1. The van der Waals surface area contributed by atoms with Crippen LogP contribution in [0.15, 0.2) is 42.5 Å². The molecule has 34 heavy (non-hydrogen) atoms. The number of benzene rings is 2. The molecule has 0 aliphatic rings. The molecule has 4 nitrogen and oxygen atoms in total. The molecule has 186 valence electrons. The van der Waals surface area contributed by atoms with Crippen molar-refractivity contribution in [2.45, 2.75) is 84.7 Å². The molecule has 0 bridgehead atoms. The van der Waals surface area contributed by atoms with Gasteiger partial charge in [0.2, 0.25) is 11.8 Å². The fraction of sp³-hybridized carbons (Fsp3) is 0.500. The fourth-order valence-electron chi connectivity index (χ4n) is 3.83. The lowest BCUT2D eigenvalue weighted by molar-refractivity contribution is -0.141. The zero-order valence-electron chi connectivity index (χ0n) is 21.1. The summed E-state index contributed by atoms with van der Waals surface area (Å²) in [6, 6.07) is 13.2. The first-order valence-corrected chi connectivity index (χ1v) is 12.9. The van der Waals surface area contributed by atoms with Crippen molar-refractivity contribution in [3.63, 3.8) is 0 Å². The molecule has 0 radical (unpaired) electrons. The molecular weight excluding hydrogens is 467 g/mol. The van der Waals surface area contributed by atoms with Crippen molar-refractivity contribution in [2.24, 2.45) is 0 Å². The molecule has 2 aromatic carbocycles. The molecule has 0 saturated carbocycles. The summed E-state index contributed by atoms with van der Waals surface area (Å²) >= 11 is 12.3. The summed E-state index contributed by atoms with van der Waals surface area (Å²) in [5.41, 5.74) is 3.30. The zero-order chi connectivity index (χ0) is 25.3. The molecule has 2 amide bonds. The average Bonchev–Trinajstić information content (AvgIpc) is 2.79. The number of nitrogens with zero attached hydrogens (tertiary/aromatic N) is 1. The number of aryl methyl sites for hydroxylation is 1. The lowest BCUT2D eigenvalue weighted by Crippen LogP contribution is -2.49. The predicted molar refractivity (Wildman–Crippen MR) is 142 cm³/mol. The minimum absolute atomic E-state index is 0.0524. The smallest absolute Gasteiger partial charge is 0.242 e. The van der Waals surface area contributed by atoms with Gasteiger partial charge in [-0.2, -0.15) is 0 Å². The molecule has 0 aliphatic carbocycles. The highest BCUT2D eigenvalue weighted by molar-refractivity contribution is 6.42. The van der Waals surface area contributed by atoms with Crippen LogP contribution in [0.4, 0.5) is 0 Å². The zero-order valence-corrected chi connectivity index (χ0v) is 22.6. The Hall–Kier alpha value is -2.04. The Morgan fingerprint density at radius 3 is 2.18 bits per heavy atom. The van der Waals surface area contributed by atoms with Gasteiger partial charge in [-0.1, -0.05) is 94.6 Å². The molecule has 2 aromatic rings. The number of rotatable bonds is 11. The van der Waals surface area contributed by atoms with Gasteiger partial charge in [-0.3, -0.25) is 9.59 Å². The number of carbonyl (C=O) groups excluding carboxylic acids is 2. The van der Waals surface area contributed by atoms with E-state index < -0.39 is 6.04 Å². The Bertz CT molecular complexity index is 952. The quantitative estimate of drug-likeness (QED) is 0.336. The number of halogens is 2. The molecule has 0 fully saturated rings. The number of amides is 2. The van der Waals surface area contributed by atoms with E-state index in [1.165, 1.54) is 5.56 Å². The molecule has 2 rings (SSSR count). The van der Waals surface area contributed by atoms with Crippen molar-refractivity contribution >= 4 is 35.0 Å². The normalized spacial score (nSPS) is 12.3. The van der Waals surface area contributed by atoms with Gasteiger partial charge in [-0.15, -0.1) is 0 Å². The summed E-state index contributed by atoms with van der Waals surface area (Å²) in [5.74, 6) is -0.164. The van der Waals surface area contributed by atoms with Crippen molar-refractivity contribution in [1.29, 1.82) is 0 Å². The summed E-state index contributed by atoms with van der Waals surface area (Å²) < 4.78 is 0. The minimum atomic E-state index is -0.540. The first kappa shape index (κ1) is 28.2. The molecule has 0 saturated heterocycles. The topological polar surface area (TPSA) is 49.4 Å². The molecule has 6 heteroatoms. The second-order valence-electron chi connectivity index (χ2n) is 9.79. The van der Waals surface area contributed by atoms with Gasteiger partial charge in [-0.25, -0.2) is 0 Å². The van der Waals surface area contributed by atoms with Crippen LogP contribution in [-0.2, 0) is 28.0 Å². The minimum Gasteiger partial charge on any atom is -0.354 e. The van der Waals surface area contributed by atoms with Gasteiger partial charge in [-0.05, 0) is 53.5 Å². The molecule has 0 heterocycles. The first-order valence-electron chi connectivity index (χ1n) is 12.2. The highest BCUT2D eigenvalue weighted by Crippen LogP contribution is 2.25.